The number of hydrogen-bond acceptors (Lipinski definition) is 9. The molecule has 0 aliphatic carbocycles. The molecule has 2 atom stereocenters. The minimum Gasteiger partial charge on any atom is -0.505 e. The molecule has 0 aromatic rings. The molecule has 13 N–H and O–H groups in total. The fraction of sp³-hybridized carbons (Fsp3) is 0.500. The Bertz CT molecular complexity index is 549. The summed E-state index contributed by atoms with van der Waals surface area (Å²) >= 11 is 0. The largest absolute Gasteiger partial charge is 0.505 e. The van der Waals surface area contributed by atoms with Crippen molar-refractivity contribution in [3.8, 4) is 0 Å². The molecule has 1 heterocycles. The number of esters is 1. The van der Waals surface area contributed by atoms with E-state index in [-0.39, 0.29) is 0 Å². The van der Waals surface area contributed by atoms with Crippen LogP contribution in [-0.2, 0) is 23.2 Å². The van der Waals surface area contributed by atoms with Gasteiger partial charge in [0.2, 0.25) is 5.76 Å². The number of carbonyl (C=O) groups is 1. The van der Waals surface area contributed by atoms with Crippen LogP contribution < -0.4 is 0 Å². The maximum absolute atomic E-state index is 10.5. The van der Waals surface area contributed by atoms with E-state index in [0.29, 0.717) is 0 Å². The zero-order valence-corrected chi connectivity index (χ0v) is 15.2. The molecule has 18 nitrogen and oxygen atoms in total. The monoisotopic (exact) mass is 470 g/mol. The van der Waals surface area contributed by atoms with Gasteiger partial charge in [-0.1, -0.05) is 0 Å². The number of ether oxygens (including phenoxy) is 1. The topological polar surface area (TPSA) is 340 Å². The van der Waals surface area contributed by atoms with Crippen LogP contribution in [0, 0.1) is 0 Å². The van der Waals surface area contributed by atoms with E-state index in [4.69, 9.17) is 78.2 Å². The lowest BCUT2D eigenvalue weighted by Crippen LogP contribution is -2.31. The Morgan fingerprint density at radius 1 is 0.815 bits per heavy atom. The Hall–Kier alpha value is -0.940. The molecule has 1 aliphatic rings. The van der Waals surface area contributed by atoms with Crippen molar-refractivity contribution in [3.05, 3.63) is 11.5 Å². The van der Waals surface area contributed by atoms with Crippen molar-refractivity contribution >= 4 is 29.4 Å². The Kier molecular flexibility index (Phi) is 14.3. The van der Waals surface area contributed by atoms with E-state index in [1.165, 1.54) is 0 Å². The highest BCUT2D eigenvalue weighted by atomic mass is 31.2. The first kappa shape index (κ1) is 30.8. The molecule has 0 amide bonds. The van der Waals surface area contributed by atoms with E-state index >= 15 is 0 Å². The second-order valence-electron chi connectivity index (χ2n) is 3.85. The molecule has 21 heteroatoms. The van der Waals surface area contributed by atoms with Gasteiger partial charge in [-0.3, -0.25) is 0 Å². The molecule has 0 saturated carbocycles. The number of phosphoric acid groups is 3. The van der Waals surface area contributed by atoms with Crippen molar-refractivity contribution in [3.63, 3.8) is 0 Å². The van der Waals surface area contributed by atoms with Gasteiger partial charge in [-0.2, -0.15) is 0 Å². The maximum atomic E-state index is 10.5. The number of hydrogen-bond donors (Lipinski definition) is 13. The van der Waals surface area contributed by atoms with E-state index in [2.05, 4.69) is 4.74 Å². The molecule has 1 rings (SSSR count). The minimum atomic E-state index is -4.64. The van der Waals surface area contributed by atoms with Crippen LogP contribution in [0.4, 0.5) is 0 Å². The van der Waals surface area contributed by atoms with Gasteiger partial charge in [0.25, 0.3) is 0 Å². The highest BCUT2D eigenvalue weighted by Gasteiger charge is 2.38. The third kappa shape index (κ3) is 30.0. The fourth-order valence-electron chi connectivity index (χ4n) is 0.823. The molecule has 0 saturated heterocycles. The van der Waals surface area contributed by atoms with Crippen LogP contribution in [0.5, 0.6) is 0 Å². The highest BCUT2D eigenvalue weighted by Crippen LogP contribution is 2.26. The quantitative estimate of drug-likeness (QED) is 0.134. The predicted octanol–water partition coefficient (Wildman–Crippen LogP) is -4.19. The molecular formula is C6H17O18P3. The lowest BCUT2D eigenvalue weighted by Gasteiger charge is -2.13. The van der Waals surface area contributed by atoms with Crippen LogP contribution in [0.25, 0.3) is 0 Å². The van der Waals surface area contributed by atoms with Gasteiger partial charge in [0.05, 0.1) is 6.61 Å². The van der Waals surface area contributed by atoms with Crippen molar-refractivity contribution < 1.29 is 87.7 Å². The third-order valence-electron chi connectivity index (χ3n) is 1.48. The Labute approximate surface area is 148 Å². The number of carbonyl (C=O) groups excluding carboxylic acids is 1. The van der Waals surface area contributed by atoms with E-state index < -0.39 is 59.8 Å². The van der Waals surface area contributed by atoms with Gasteiger partial charge < -0.3 is 69.2 Å². The summed E-state index contributed by atoms with van der Waals surface area (Å²) < 4.78 is 31.0. The summed E-state index contributed by atoms with van der Waals surface area (Å²) in [6.45, 7) is -0.671. The summed E-state index contributed by atoms with van der Waals surface area (Å²) in [5.41, 5.74) is 0. The van der Waals surface area contributed by atoms with E-state index in [0.717, 1.165) is 0 Å². The number of aliphatic hydroxyl groups is 4. The molecular weight excluding hydrogens is 453 g/mol. The lowest BCUT2D eigenvalue weighted by molar-refractivity contribution is -0.147. The standard InChI is InChI=1S/C6H8O6.3H3O4P/c7-1-2(8)5-3(9)4(10)6(11)12-5;3*1-5(2,3)4/h2,5,7-10H,1H2;3*(H3,1,2,3,4)/t2-,5+;;;/m0.../s1. The summed E-state index contributed by atoms with van der Waals surface area (Å²) in [7, 11) is -13.9. The second kappa shape index (κ2) is 12.5. The average Bonchev–Trinajstić information content (AvgIpc) is 2.60. The summed E-state index contributed by atoms with van der Waals surface area (Å²) in [4.78, 5) is 75.2. The molecule has 0 fully saturated rings. The van der Waals surface area contributed by atoms with Gasteiger partial charge >= 0.3 is 29.4 Å². The molecule has 0 aromatic heterocycles. The molecule has 0 spiro atoms. The molecule has 0 unspecified atom stereocenters. The predicted molar refractivity (Wildman–Crippen MR) is 78.0 cm³/mol. The van der Waals surface area contributed by atoms with Crippen LogP contribution in [0.15, 0.2) is 11.5 Å². The Balaban J connectivity index is -0.000000323. The van der Waals surface area contributed by atoms with E-state index in [1.807, 2.05) is 0 Å². The first-order valence-corrected chi connectivity index (χ1v) is 10.2. The van der Waals surface area contributed by atoms with Crippen LogP contribution >= 0.6 is 23.5 Å². The second-order valence-corrected chi connectivity index (χ2v) is 6.93. The molecule has 0 radical (unpaired) electrons. The Morgan fingerprint density at radius 3 is 1.22 bits per heavy atom. The van der Waals surface area contributed by atoms with Crippen molar-refractivity contribution in [1.82, 2.24) is 0 Å². The summed E-state index contributed by atoms with van der Waals surface area (Å²) in [5, 5.41) is 35.0. The van der Waals surface area contributed by atoms with Gasteiger partial charge in [0.1, 0.15) is 6.10 Å². The van der Waals surface area contributed by atoms with Gasteiger partial charge in [0.15, 0.2) is 11.9 Å². The third-order valence-corrected chi connectivity index (χ3v) is 1.48. The molecule has 0 aromatic carbocycles. The highest BCUT2D eigenvalue weighted by molar-refractivity contribution is 7.45. The summed E-state index contributed by atoms with van der Waals surface area (Å²) in [6.07, 6.45) is -2.78. The molecule has 0 bridgehead atoms. The fourth-order valence-corrected chi connectivity index (χ4v) is 0.823. The average molecular weight is 470 g/mol. The number of aliphatic hydroxyl groups excluding tert-OH is 4. The van der Waals surface area contributed by atoms with Gasteiger partial charge in [0, 0.05) is 0 Å². The van der Waals surface area contributed by atoms with Crippen molar-refractivity contribution in [1.29, 1.82) is 0 Å². The number of rotatable bonds is 2. The first-order chi connectivity index (χ1) is 11.6. The smallest absolute Gasteiger partial charge is 0.466 e. The molecule has 164 valence electrons. The summed E-state index contributed by atoms with van der Waals surface area (Å²) in [6, 6.07) is 0. The minimum absolute atomic E-state index is 0.671. The normalized spacial score (nSPS) is 18.0. The molecule has 1 aliphatic heterocycles. The SMILES string of the molecule is O=C1O[C@H]([C@@H](O)CO)C(O)=C1O.O=P(O)(O)O.O=P(O)(O)O.O=P(O)(O)O. The first-order valence-electron chi connectivity index (χ1n) is 5.54. The van der Waals surface area contributed by atoms with Crippen molar-refractivity contribution in [2.45, 2.75) is 12.2 Å². The van der Waals surface area contributed by atoms with Crippen LogP contribution in [0.1, 0.15) is 0 Å². The van der Waals surface area contributed by atoms with Crippen LogP contribution in [0.3, 0.4) is 0 Å². The zero-order chi connectivity index (χ0) is 22.8. The van der Waals surface area contributed by atoms with Gasteiger partial charge in [-0.15, -0.1) is 0 Å². The lowest BCUT2D eigenvalue weighted by atomic mass is 10.2. The van der Waals surface area contributed by atoms with Crippen LogP contribution in [0.2, 0.25) is 0 Å². The van der Waals surface area contributed by atoms with Gasteiger partial charge in [-0.25, -0.2) is 18.5 Å². The maximum Gasteiger partial charge on any atom is 0.466 e. The Morgan fingerprint density at radius 2 is 1.07 bits per heavy atom. The van der Waals surface area contributed by atoms with E-state index in [1.54, 1.807) is 0 Å². The van der Waals surface area contributed by atoms with Crippen LogP contribution in [-0.4, -0.2) is 89.3 Å². The molecule has 27 heavy (non-hydrogen) atoms. The van der Waals surface area contributed by atoms with Crippen molar-refractivity contribution in [2.75, 3.05) is 6.61 Å². The van der Waals surface area contributed by atoms with Gasteiger partial charge in [-0.05, 0) is 0 Å². The zero-order valence-electron chi connectivity index (χ0n) is 12.6. The van der Waals surface area contributed by atoms with Crippen molar-refractivity contribution in [2.24, 2.45) is 0 Å². The van der Waals surface area contributed by atoms with E-state index in [9.17, 15) is 4.79 Å². The summed E-state index contributed by atoms with van der Waals surface area (Å²) in [5.74, 6) is -2.78. The number of cyclic esters (lactones) is 1.